The number of nitrogens with one attached hydrogen (secondary N) is 1. The fourth-order valence-corrected chi connectivity index (χ4v) is 4.71. The van der Waals surface area contributed by atoms with Gasteiger partial charge in [-0.1, -0.05) is 30.7 Å². The Hall–Kier alpha value is -2.68. The van der Waals surface area contributed by atoms with Crippen molar-refractivity contribution in [3.63, 3.8) is 0 Å². The van der Waals surface area contributed by atoms with E-state index in [2.05, 4.69) is 22.2 Å². The van der Waals surface area contributed by atoms with E-state index in [9.17, 15) is 22.8 Å². The zero-order chi connectivity index (χ0) is 25.4. The van der Waals surface area contributed by atoms with Crippen LogP contribution in [0, 0.1) is 0 Å². The van der Waals surface area contributed by atoms with Crippen molar-refractivity contribution >= 4 is 29.1 Å². The monoisotopic (exact) mass is 508 g/mol. The maximum Gasteiger partial charge on any atom is 0.278 e. The summed E-state index contributed by atoms with van der Waals surface area (Å²) in [6.45, 7) is 3.58. The molecule has 2 saturated carbocycles. The Morgan fingerprint density at radius 2 is 1.69 bits per heavy atom. The molecule has 2 amide bonds. The van der Waals surface area contributed by atoms with Gasteiger partial charge in [0.1, 0.15) is 6.33 Å². The molecule has 10 heteroatoms. The van der Waals surface area contributed by atoms with Gasteiger partial charge in [0.25, 0.3) is 17.4 Å². The Morgan fingerprint density at radius 3 is 2.20 bits per heavy atom. The molecule has 4 rings (SSSR count). The second kappa shape index (κ2) is 9.41. The summed E-state index contributed by atoms with van der Waals surface area (Å²) >= 11 is 5.60. The number of hydrogen-bond donors (Lipinski definition) is 1. The average Bonchev–Trinajstić information content (AvgIpc) is 3.59. The molecular formula is C25H28ClF3N4O2. The summed E-state index contributed by atoms with van der Waals surface area (Å²) in [4.78, 5) is 35.9. The van der Waals surface area contributed by atoms with Gasteiger partial charge in [-0.2, -0.15) is 0 Å². The lowest BCUT2D eigenvalue weighted by atomic mass is 9.87. The first-order chi connectivity index (χ1) is 16.5. The number of anilines is 1. The first-order valence-corrected chi connectivity index (χ1v) is 12.1. The molecule has 1 heterocycles. The number of carbonyl (C=O) groups excluding carboxylic acids is 2. The summed E-state index contributed by atoms with van der Waals surface area (Å²) in [6, 6.07) is 6.51. The van der Waals surface area contributed by atoms with Gasteiger partial charge >= 0.3 is 0 Å². The lowest BCUT2D eigenvalue weighted by molar-refractivity contribution is -0.132. The SMILES string of the molecule is CC1(c2ccc(N(C(=O)[C@H](F)Cl)[C@@](C)(C(=O)NC3CCC(F)(F)CC3)c3cncnc3)cc2)CC1. The quantitative estimate of drug-likeness (QED) is 0.534. The lowest BCUT2D eigenvalue weighted by Crippen LogP contribution is -2.60. The van der Waals surface area contributed by atoms with Crippen molar-refractivity contribution in [3.05, 3.63) is 54.1 Å². The molecule has 0 saturated heterocycles. The van der Waals surface area contributed by atoms with Gasteiger partial charge in [-0.3, -0.25) is 14.5 Å². The van der Waals surface area contributed by atoms with Crippen LogP contribution in [-0.2, 0) is 20.5 Å². The van der Waals surface area contributed by atoms with E-state index in [1.54, 1.807) is 12.1 Å². The van der Waals surface area contributed by atoms with Gasteiger partial charge in [0.2, 0.25) is 5.92 Å². The Labute approximate surface area is 207 Å². The summed E-state index contributed by atoms with van der Waals surface area (Å²) in [7, 11) is 0. The van der Waals surface area contributed by atoms with E-state index in [4.69, 9.17) is 11.6 Å². The number of aromatic nitrogens is 2. The van der Waals surface area contributed by atoms with Crippen LogP contribution < -0.4 is 10.2 Å². The summed E-state index contributed by atoms with van der Waals surface area (Å²) < 4.78 is 41.6. The first kappa shape index (κ1) is 25.4. The number of benzene rings is 1. The molecule has 2 aromatic rings. The van der Waals surface area contributed by atoms with Crippen molar-refractivity contribution in [1.29, 1.82) is 0 Å². The zero-order valence-corrected chi connectivity index (χ0v) is 20.4. The maximum atomic E-state index is 14.3. The molecule has 0 radical (unpaired) electrons. The molecule has 6 nitrogen and oxygen atoms in total. The van der Waals surface area contributed by atoms with E-state index in [1.807, 2.05) is 12.1 Å². The molecular weight excluding hydrogens is 481 g/mol. The second-order valence-electron chi connectivity index (χ2n) is 9.88. The molecule has 188 valence electrons. The fourth-order valence-electron chi connectivity index (χ4n) is 4.62. The van der Waals surface area contributed by atoms with Crippen molar-refractivity contribution in [2.45, 2.75) is 80.9 Å². The summed E-state index contributed by atoms with van der Waals surface area (Å²) in [5, 5.41) is 2.80. The average molecular weight is 509 g/mol. The van der Waals surface area contributed by atoms with Crippen molar-refractivity contribution < 1.29 is 22.8 Å². The number of alkyl halides is 4. The fraction of sp³-hybridized carbons (Fsp3) is 0.520. The Bertz CT molecular complexity index is 1070. The number of hydrogen-bond acceptors (Lipinski definition) is 4. The van der Waals surface area contributed by atoms with Crippen LogP contribution >= 0.6 is 11.6 Å². The number of nitrogens with zero attached hydrogens (tertiary/aromatic N) is 3. The minimum Gasteiger partial charge on any atom is -0.351 e. The van der Waals surface area contributed by atoms with Crippen molar-refractivity contribution in [2.24, 2.45) is 0 Å². The van der Waals surface area contributed by atoms with E-state index in [0.29, 0.717) is 0 Å². The van der Waals surface area contributed by atoms with Crippen molar-refractivity contribution in [3.8, 4) is 0 Å². The third-order valence-electron chi connectivity index (χ3n) is 7.29. The van der Waals surface area contributed by atoms with Gasteiger partial charge in [-0.15, -0.1) is 0 Å². The molecule has 1 N–H and O–H groups in total. The topological polar surface area (TPSA) is 75.2 Å². The normalized spacial score (nSPS) is 21.4. The van der Waals surface area contributed by atoms with E-state index in [0.717, 1.165) is 23.3 Å². The molecule has 0 unspecified atom stereocenters. The van der Waals surface area contributed by atoms with Gasteiger partial charge in [-0.25, -0.2) is 23.1 Å². The second-order valence-corrected chi connectivity index (χ2v) is 10.3. The van der Waals surface area contributed by atoms with Crippen molar-refractivity contribution in [2.75, 3.05) is 4.90 Å². The number of amides is 2. The van der Waals surface area contributed by atoms with Gasteiger partial charge in [0.15, 0.2) is 5.54 Å². The molecule has 0 aliphatic heterocycles. The van der Waals surface area contributed by atoms with Crippen LogP contribution in [-0.4, -0.2) is 39.4 Å². The van der Waals surface area contributed by atoms with E-state index < -0.39 is 34.9 Å². The molecule has 0 bridgehead atoms. The largest absolute Gasteiger partial charge is 0.351 e. The van der Waals surface area contributed by atoms with E-state index >= 15 is 0 Å². The highest BCUT2D eigenvalue weighted by molar-refractivity contribution is 6.32. The molecule has 2 aliphatic rings. The third-order valence-corrected chi connectivity index (χ3v) is 7.48. The van der Waals surface area contributed by atoms with Crippen LogP contribution in [0.5, 0.6) is 0 Å². The Morgan fingerprint density at radius 1 is 1.11 bits per heavy atom. The first-order valence-electron chi connectivity index (χ1n) is 11.6. The number of rotatable bonds is 7. The smallest absolute Gasteiger partial charge is 0.278 e. The zero-order valence-electron chi connectivity index (χ0n) is 19.6. The van der Waals surface area contributed by atoms with Gasteiger partial charge < -0.3 is 5.32 Å². The molecule has 1 aromatic carbocycles. The minimum atomic E-state index is -2.76. The molecule has 2 aliphatic carbocycles. The standard InChI is InChI=1S/C25H28ClF3N4O2/c1-23(11-12-23)16-3-5-19(6-4-16)33(21(34)20(26)27)24(2,17-13-30-15-31-14-17)22(35)32-18-7-9-25(28,29)10-8-18/h3-6,13-15,18,20H,7-12H2,1-2H3,(H,32,35)/t20-,24+/m0/s1. The lowest BCUT2D eigenvalue weighted by Gasteiger charge is -2.41. The van der Waals surface area contributed by atoms with Gasteiger partial charge in [0.05, 0.1) is 0 Å². The van der Waals surface area contributed by atoms with Gasteiger partial charge in [-0.05, 0) is 55.7 Å². The summed E-state index contributed by atoms with van der Waals surface area (Å²) in [6.07, 6.45) is 5.57. The molecule has 1 aromatic heterocycles. The van der Waals surface area contributed by atoms with Crippen LogP contribution in [0.15, 0.2) is 43.0 Å². The molecule has 35 heavy (non-hydrogen) atoms. The highest BCUT2D eigenvalue weighted by Crippen LogP contribution is 2.48. The van der Waals surface area contributed by atoms with E-state index in [1.165, 1.54) is 25.6 Å². The highest BCUT2D eigenvalue weighted by Gasteiger charge is 2.48. The van der Waals surface area contributed by atoms with E-state index in [-0.39, 0.29) is 42.3 Å². The van der Waals surface area contributed by atoms with Crippen LogP contribution in [0.3, 0.4) is 0 Å². The molecule has 2 fully saturated rings. The molecule has 2 atom stereocenters. The van der Waals surface area contributed by atoms with Crippen molar-refractivity contribution in [1.82, 2.24) is 15.3 Å². The van der Waals surface area contributed by atoms with Crippen LogP contribution in [0.4, 0.5) is 18.9 Å². The Balaban J connectivity index is 1.74. The van der Waals surface area contributed by atoms with Crippen LogP contribution in [0.2, 0.25) is 0 Å². The molecule has 0 spiro atoms. The predicted octanol–water partition coefficient (Wildman–Crippen LogP) is 5.01. The maximum absolute atomic E-state index is 14.3. The third kappa shape index (κ3) is 5.15. The number of carbonyl (C=O) groups is 2. The van der Waals surface area contributed by atoms with Gasteiger partial charge in [0, 0.05) is 42.5 Å². The predicted molar refractivity (Wildman–Crippen MR) is 126 cm³/mol. The minimum absolute atomic E-state index is 0.0689. The Kier molecular flexibility index (Phi) is 6.83. The summed E-state index contributed by atoms with van der Waals surface area (Å²) in [5.74, 6) is -4.56. The van der Waals surface area contributed by atoms with Crippen LogP contribution in [0.25, 0.3) is 0 Å². The number of halogens is 4. The summed E-state index contributed by atoms with van der Waals surface area (Å²) in [5.41, 5.74) is -2.58. The highest BCUT2D eigenvalue weighted by atomic mass is 35.5. The van der Waals surface area contributed by atoms with Crippen LogP contribution in [0.1, 0.15) is 63.5 Å².